The zero-order chi connectivity index (χ0) is 20.8. The molecule has 0 saturated heterocycles. The van der Waals surface area contributed by atoms with E-state index in [1.54, 1.807) is 6.07 Å². The van der Waals surface area contributed by atoms with Gasteiger partial charge >= 0.3 is 0 Å². The second kappa shape index (κ2) is 9.57. The highest BCUT2D eigenvalue weighted by molar-refractivity contribution is 8.00. The van der Waals surface area contributed by atoms with Gasteiger partial charge in [-0.25, -0.2) is 0 Å². The summed E-state index contributed by atoms with van der Waals surface area (Å²) in [5.74, 6) is 0.293. The fourth-order valence-electron chi connectivity index (χ4n) is 2.98. The van der Waals surface area contributed by atoms with E-state index in [1.165, 1.54) is 23.1 Å². The Morgan fingerprint density at radius 2 is 1.57 bits per heavy atom. The average molecular weight is 430 g/mol. The quantitative estimate of drug-likeness (QED) is 0.264. The van der Waals surface area contributed by atoms with E-state index in [0.29, 0.717) is 16.2 Å². The number of nitrogens with one attached hydrogen (secondary N) is 1. The number of Topliss-reactive ketones (excluding diaryl/α,β-unsaturated/α-hetero) is 1. The molecule has 0 unspecified atom stereocenters. The summed E-state index contributed by atoms with van der Waals surface area (Å²) in [4.78, 5) is 26.4. The van der Waals surface area contributed by atoms with Gasteiger partial charge in [0.2, 0.25) is 0 Å². The minimum Gasteiger partial charge on any atom is -0.321 e. The standard InChI is InChI=1S/C25H19NO2S2/c27-23(20-13-11-19(12-14-20)18-6-2-1-3-7-18)17-30-22-9-4-8-21(16-22)26-25(28)24-10-5-15-29-24/h1-16H,17H2,(H,26,28). The Kier molecular flexibility index (Phi) is 6.42. The van der Waals surface area contributed by atoms with E-state index in [0.717, 1.165) is 21.7 Å². The number of thiophene rings is 1. The highest BCUT2D eigenvalue weighted by Crippen LogP contribution is 2.24. The zero-order valence-electron chi connectivity index (χ0n) is 16.1. The van der Waals surface area contributed by atoms with Crippen molar-refractivity contribution in [2.24, 2.45) is 0 Å². The van der Waals surface area contributed by atoms with Gasteiger partial charge in [0.25, 0.3) is 5.91 Å². The molecule has 0 spiro atoms. The number of amides is 1. The van der Waals surface area contributed by atoms with E-state index in [2.05, 4.69) is 17.4 Å². The van der Waals surface area contributed by atoms with Crippen LogP contribution in [0.1, 0.15) is 20.0 Å². The van der Waals surface area contributed by atoms with E-state index < -0.39 is 0 Å². The molecule has 148 valence electrons. The summed E-state index contributed by atoms with van der Waals surface area (Å²) in [5, 5.41) is 4.77. The van der Waals surface area contributed by atoms with Crippen LogP contribution in [0.5, 0.6) is 0 Å². The third-order valence-corrected chi connectivity index (χ3v) is 6.38. The van der Waals surface area contributed by atoms with E-state index in [1.807, 2.05) is 78.2 Å². The summed E-state index contributed by atoms with van der Waals surface area (Å²) >= 11 is 2.87. The fraction of sp³-hybridized carbons (Fsp3) is 0.0400. The third kappa shape index (κ3) is 5.06. The lowest BCUT2D eigenvalue weighted by molar-refractivity contribution is 0.101. The molecule has 4 aromatic rings. The van der Waals surface area contributed by atoms with Crippen LogP contribution in [0.4, 0.5) is 5.69 Å². The molecule has 0 aliphatic rings. The van der Waals surface area contributed by atoms with E-state index >= 15 is 0 Å². The molecule has 3 nitrogen and oxygen atoms in total. The normalized spacial score (nSPS) is 10.5. The number of ketones is 1. The first-order valence-electron chi connectivity index (χ1n) is 9.45. The van der Waals surface area contributed by atoms with Crippen LogP contribution in [0, 0.1) is 0 Å². The second-order valence-electron chi connectivity index (χ2n) is 6.61. The van der Waals surface area contributed by atoms with Gasteiger partial charge in [0.1, 0.15) is 0 Å². The second-order valence-corrected chi connectivity index (χ2v) is 8.61. The number of benzene rings is 3. The lowest BCUT2D eigenvalue weighted by Gasteiger charge is -2.07. The molecule has 1 N–H and O–H groups in total. The predicted octanol–water partition coefficient (Wildman–Crippen LogP) is 6.64. The molecule has 5 heteroatoms. The van der Waals surface area contributed by atoms with Gasteiger partial charge in [0, 0.05) is 16.1 Å². The Bertz CT molecular complexity index is 1140. The Morgan fingerprint density at radius 1 is 0.800 bits per heavy atom. The molecule has 1 aromatic heterocycles. The van der Waals surface area contributed by atoms with Crippen LogP contribution >= 0.6 is 23.1 Å². The van der Waals surface area contributed by atoms with Crippen LogP contribution in [0.15, 0.2) is 101 Å². The minimum absolute atomic E-state index is 0.0765. The predicted molar refractivity (Wildman–Crippen MR) is 126 cm³/mol. The van der Waals surface area contributed by atoms with Gasteiger partial charge in [-0.1, -0.05) is 66.7 Å². The minimum atomic E-state index is -0.123. The summed E-state index contributed by atoms with van der Waals surface area (Å²) in [7, 11) is 0. The highest BCUT2D eigenvalue weighted by Gasteiger charge is 2.10. The number of carbonyl (C=O) groups is 2. The van der Waals surface area contributed by atoms with Gasteiger partial charge in [-0.15, -0.1) is 23.1 Å². The zero-order valence-corrected chi connectivity index (χ0v) is 17.7. The summed E-state index contributed by atoms with van der Waals surface area (Å²) in [6.07, 6.45) is 0. The molecule has 0 saturated carbocycles. The Morgan fingerprint density at radius 3 is 2.30 bits per heavy atom. The molecule has 0 aliphatic heterocycles. The maximum absolute atomic E-state index is 12.6. The first-order valence-corrected chi connectivity index (χ1v) is 11.3. The van der Waals surface area contributed by atoms with Crippen molar-refractivity contribution in [3.05, 3.63) is 107 Å². The first-order chi connectivity index (χ1) is 14.7. The van der Waals surface area contributed by atoms with Crippen molar-refractivity contribution >= 4 is 40.5 Å². The summed E-state index contributed by atoms with van der Waals surface area (Å²) in [6, 6.07) is 29.0. The SMILES string of the molecule is O=C(CSc1cccc(NC(=O)c2cccs2)c1)c1ccc(-c2ccccc2)cc1. The molecule has 4 rings (SSSR count). The van der Waals surface area contributed by atoms with Gasteiger partial charge in [-0.2, -0.15) is 0 Å². The lowest BCUT2D eigenvalue weighted by Crippen LogP contribution is -2.10. The number of hydrogen-bond donors (Lipinski definition) is 1. The Labute approximate surface area is 183 Å². The van der Waals surface area contributed by atoms with Crippen molar-refractivity contribution in [2.45, 2.75) is 4.90 Å². The summed E-state index contributed by atoms with van der Waals surface area (Å²) < 4.78 is 0. The van der Waals surface area contributed by atoms with Crippen molar-refractivity contribution in [2.75, 3.05) is 11.1 Å². The largest absolute Gasteiger partial charge is 0.321 e. The molecule has 3 aromatic carbocycles. The van der Waals surface area contributed by atoms with Gasteiger partial charge in [-0.05, 0) is 40.8 Å². The topological polar surface area (TPSA) is 46.2 Å². The number of carbonyl (C=O) groups excluding carboxylic acids is 2. The Balaban J connectivity index is 1.36. The average Bonchev–Trinajstić information content (AvgIpc) is 3.34. The smallest absolute Gasteiger partial charge is 0.265 e. The Hall–Kier alpha value is -3.15. The van der Waals surface area contributed by atoms with Crippen LogP contribution in [0.2, 0.25) is 0 Å². The van der Waals surface area contributed by atoms with Crippen molar-refractivity contribution in [3.63, 3.8) is 0 Å². The number of anilines is 1. The van der Waals surface area contributed by atoms with Crippen LogP contribution in [0.3, 0.4) is 0 Å². The molecule has 0 aliphatic carbocycles. The van der Waals surface area contributed by atoms with Crippen LogP contribution in [0.25, 0.3) is 11.1 Å². The molecule has 0 fully saturated rings. The monoisotopic (exact) mass is 429 g/mol. The fourth-order valence-corrected chi connectivity index (χ4v) is 4.44. The number of hydrogen-bond acceptors (Lipinski definition) is 4. The highest BCUT2D eigenvalue weighted by atomic mass is 32.2. The molecule has 1 amide bonds. The maximum Gasteiger partial charge on any atom is 0.265 e. The number of rotatable bonds is 7. The van der Waals surface area contributed by atoms with E-state index in [4.69, 9.17) is 0 Å². The van der Waals surface area contributed by atoms with Gasteiger partial charge in [-0.3, -0.25) is 9.59 Å². The lowest BCUT2D eigenvalue weighted by atomic mass is 10.0. The molecule has 30 heavy (non-hydrogen) atoms. The third-order valence-electron chi connectivity index (χ3n) is 4.52. The molecule has 1 heterocycles. The summed E-state index contributed by atoms with van der Waals surface area (Å²) in [6.45, 7) is 0. The van der Waals surface area contributed by atoms with E-state index in [-0.39, 0.29) is 11.7 Å². The molecular formula is C25H19NO2S2. The van der Waals surface area contributed by atoms with Crippen LogP contribution in [-0.4, -0.2) is 17.4 Å². The first kappa shape index (κ1) is 20.1. The van der Waals surface area contributed by atoms with Gasteiger partial charge < -0.3 is 5.32 Å². The van der Waals surface area contributed by atoms with Crippen molar-refractivity contribution in [1.29, 1.82) is 0 Å². The summed E-state index contributed by atoms with van der Waals surface area (Å²) in [5.41, 5.74) is 3.64. The van der Waals surface area contributed by atoms with Crippen molar-refractivity contribution in [1.82, 2.24) is 0 Å². The molecule has 0 bridgehead atoms. The van der Waals surface area contributed by atoms with Crippen molar-refractivity contribution < 1.29 is 9.59 Å². The van der Waals surface area contributed by atoms with Crippen LogP contribution in [-0.2, 0) is 0 Å². The maximum atomic E-state index is 12.6. The van der Waals surface area contributed by atoms with Crippen molar-refractivity contribution in [3.8, 4) is 11.1 Å². The number of thioether (sulfide) groups is 1. The van der Waals surface area contributed by atoms with Gasteiger partial charge in [0.15, 0.2) is 5.78 Å². The molecule has 0 radical (unpaired) electrons. The van der Waals surface area contributed by atoms with Crippen LogP contribution < -0.4 is 5.32 Å². The van der Waals surface area contributed by atoms with E-state index in [9.17, 15) is 9.59 Å². The molecule has 0 atom stereocenters. The molecular weight excluding hydrogens is 410 g/mol. The van der Waals surface area contributed by atoms with Gasteiger partial charge in [0.05, 0.1) is 10.6 Å².